The van der Waals surface area contributed by atoms with Crippen LogP contribution in [0.2, 0.25) is 5.02 Å². The first-order valence-corrected chi connectivity index (χ1v) is 15.6. The predicted molar refractivity (Wildman–Crippen MR) is 174 cm³/mol. The van der Waals surface area contributed by atoms with Gasteiger partial charge in [0.2, 0.25) is 6.54 Å². The van der Waals surface area contributed by atoms with E-state index in [2.05, 4.69) is 69.7 Å². The molecule has 0 N–H and O–H groups in total. The Morgan fingerprint density at radius 1 is 1.16 bits per heavy atom. The van der Waals surface area contributed by atoms with Gasteiger partial charge in [0.05, 0.1) is 23.9 Å². The molecule has 1 atom stereocenters. The zero-order chi connectivity index (χ0) is 30.8. The van der Waals surface area contributed by atoms with Crippen molar-refractivity contribution < 1.29 is 9.53 Å². The van der Waals surface area contributed by atoms with Crippen molar-refractivity contribution in [2.24, 2.45) is 5.41 Å². The molecule has 228 valence electrons. The van der Waals surface area contributed by atoms with Crippen molar-refractivity contribution in [2.75, 3.05) is 69.8 Å². The van der Waals surface area contributed by atoms with Crippen molar-refractivity contribution in [3.05, 3.63) is 64.1 Å². The van der Waals surface area contributed by atoms with E-state index in [-0.39, 0.29) is 23.9 Å². The van der Waals surface area contributed by atoms with Crippen LogP contribution in [0.5, 0.6) is 6.01 Å². The molecule has 10 heteroatoms. The number of rotatable bonds is 8. The highest BCUT2D eigenvalue weighted by molar-refractivity contribution is 6.36. The van der Waals surface area contributed by atoms with Gasteiger partial charge >= 0.3 is 6.01 Å². The van der Waals surface area contributed by atoms with Gasteiger partial charge in [-0.1, -0.05) is 41.8 Å². The lowest BCUT2D eigenvalue weighted by Crippen LogP contribution is -2.56. The Labute approximate surface area is 264 Å². The van der Waals surface area contributed by atoms with Crippen LogP contribution in [0.3, 0.4) is 0 Å². The molecule has 2 fully saturated rings. The first-order valence-electron chi connectivity index (χ1n) is 15.2. The van der Waals surface area contributed by atoms with E-state index < -0.39 is 0 Å². The summed E-state index contributed by atoms with van der Waals surface area (Å²) in [7, 11) is 4.19. The highest BCUT2D eigenvalue weighted by Gasteiger charge is 2.44. The van der Waals surface area contributed by atoms with E-state index in [4.69, 9.17) is 32.9 Å². The molecule has 0 bridgehead atoms. The zero-order valence-corrected chi connectivity index (χ0v) is 26.4. The molecule has 1 amide bonds. The maximum atomic E-state index is 12.7. The summed E-state index contributed by atoms with van der Waals surface area (Å²) in [6.07, 6.45) is 3.02. The number of benzene rings is 2. The van der Waals surface area contributed by atoms with E-state index in [1.165, 1.54) is 0 Å². The predicted octanol–water partition coefficient (Wildman–Crippen LogP) is 4.53. The molecule has 1 saturated carbocycles. The first-order chi connectivity index (χ1) is 21.3. The van der Waals surface area contributed by atoms with Crippen molar-refractivity contribution in [1.82, 2.24) is 19.8 Å². The lowest BCUT2D eigenvalue weighted by atomic mass is 10.0. The third-order valence-corrected chi connectivity index (χ3v) is 9.20. The molecule has 0 spiro atoms. The second-order valence-electron chi connectivity index (χ2n) is 12.4. The summed E-state index contributed by atoms with van der Waals surface area (Å²) in [4.78, 5) is 34.9. The number of hydrogen-bond acceptors (Lipinski definition) is 7. The van der Waals surface area contributed by atoms with Gasteiger partial charge in [-0.3, -0.25) is 4.79 Å². The summed E-state index contributed by atoms with van der Waals surface area (Å²) >= 11 is 6.71. The minimum absolute atomic E-state index is 0.141. The lowest BCUT2D eigenvalue weighted by Gasteiger charge is -2.40. The number of ether oxygens (including phenoxy) is 1. The van der Waals surface area contributed by atoms with Gasteiger partial charge in [0.25, 0.3) is 5.91 Å². The summed E-state index contributed by atoms with van der Waals surface area (Å²) in [5.41, 5.74) is 3.27. The molecule has 9 nitrogen and oxygen atoms in total. The molecule has 44 heavy (non-hydrogen) atoms. The van der Waals surface area contributed by atoms with Crippen molar-refractivity contribution >= 4 is 39.8 Å². The SMILES string of the molecule is [C-]#[N+]C[C@H]1CN(c2nc(OCC3(CN(C)C)CC3)nc3c2CCN(c2cccc4cccc(Cl)c24)C3)CCN1C(=O)C#CC. The number of hydrogen-bond donors (Lipinski definition) is 0. The summed E-state index contributed by atoms with van der Waals surface area (Å²) in [6, 6.07) is 12.4. The molecule has 2 aromatic carbocycles. The van der Waals surface area contributed by atoms with Gasteiger partial charge in [0.1, 0.15) is 11.9 Å². The maximum absolute atomic E-state index is 12.7. The topological polar surface area (TPSA) is 69.4 Å². The van der Waals surface area contributed by atoms with Crippen molar-refractivity contribution in [3.8, 4) is 17.9 Å². The van der Waals surface area contributed by atoms with E-state index in [0.717, 1.165) is 70.9 Å². The molecule has 3 heterocycles. The Morgan fingerprint density at radius 2 is 1.95 bits per heavy atom. The van der Waals surface area contributed by atoms with E-state index in [1.807, 2.05) is 12.1 Å². The van der Waals surface area contributed by atoms with Crippen LogP contribution in [0, 0.1) is 23.8 Å². The Hall–Kier alpha value is -4.05. The number of fused-ring (bicyclic) bond motifs is 2. The number of anilines is 2. The Bertz CT molecular complexity index is 1660. The Balaban J connectivity index is 1.34. The molecule has 6 rings (SSSR count). The second-order valence-corrected chi connectivity index (χ2v) is 12.8. The fraction of sp³-hybridized carbons (Fsp3) is 0.471. The fourth-order valence-corrected chi connectivity index (χ4v) is 6.91. The van der Waals surface area contributed by atoms with E-state index >= 15 is 0 Å². The molecule has 3 aromatic rings. The number of nitrogens with zero attached hydrogens (tertiary/aromatic N) is 7. The number of amides is 1. The number of halogens is 1. The van der Waals surface area contributed by atoms with E-state index in [1.54, 1.807) is 11.8 Å². The van der Waals surface area contributed by atoms with Crippen molar-refractivity contribution in [2.45, 2.75) is 38.8 Å². The molecule has 1 aromatic heterocycles. The Morgan fingerprint density at radius 3 is 2.68 bits per heavy atom. The van der Waals surface area contributed by atoms with Crippen LogP contribution >= 0.6 is 11.6 Å². The summed E-state index contributed by atoms with van der Waals surface area (Å²) < 4.78 is 6.38. The second kappa shape index (κ2) is 12.5. The molecule has 1 aliphatic carbocycles. The first kappa shape index (κ1) is 30.0. The van der Waals surface area contributed by atoms with Crippen LogP contribution in [-0.4, -0.2) is 91.7 Å². The quantitative estimate of drug-likeness (QED) is 0.274. The summed E-state index contributed by atoms with van der Waals surface area (Å²) in [6.45, 7) is 13.9. The van der Waals surface area contributed by atoms with E-state index in [9.17, 15) is 4.79 Å². The third kappa shape index (κ3) is 6.13. The van der Waals surface area contributed by atoms with Crippen LogP contribution in [-0.2, 0) is 17.8 Å². The van der Waals surface area contributed by atoms with Crippen LogP contribution in [0.15, 0.2) is 36.4 Å². The lowest BCUT2D eigenvalue weighted by molar-refractivity contribution is -0.127. The van der Waals surface area contributed by atoms with Gasteiger partial charge in [-0.25, -0.2) is 6.57 Å². The molecular formula is C34H38ClN7O2. The van der Waals surface area contributed by atoms with Crippen LogP contribution in [0.4, 0.5) is 11.5 Å². The Kier molecular flexibility index (Phi) is 8.53. The maximum Gasteiger partial charge on any atom is 0.318 e. The molecule has 2 aliphatic heterocycles. The minimum Gasteiger partial charge on any atom is -0.463 e. The largest absolute Gasteiger partial charge is 0.463 e. The highest BCUT2D eigenvalue weighted by atomic mass is 35.5. The van der Waals surface area contributed by atoms with E-state index in [0.29, 0.717) is 38.8 Å². The van der Waals surface area contributed by atoms with Gasteiger partial charge < -0.3 is 29.2 Å². The number of aromatic nitrogens is 2. The van der Waals surface area contributed by atoms with Gasteiger partial charge in [0.15, 0.2) is 0 Å². The highest BCUT2D eigenvalue weighted by Crippen LogP contribution is 2.46. The number of carbonyl (C=O) groups excluding carboxylic acids is 1. The normalized spacial score (nSPS) is 18.8. The molecular weight excluding hydrogens is 574 g/mol. The third-order valence-electron chi connectivity index (χ3n) is 8.89. The monoisotopic (exact) mass is 611 g/mol. The molecule has 3 aliphatic rings. The summed E-state index contributed by atoms with van der Waals surface area (Å²) in [5, 5.41) is 2.89. The summed E-state index contributed by atoms with van der Waals surface area (Å²) in [5.74, 6) is 5.99. The van der Waals surface area contributed by atoms with Crippen molar-refractivity contribution in [3.63, 3.8) is 0 Å². The molecule has 0 radical (unpaired) electrons. The molecule has 0 unspecified atom stereocenters. The van der Waals surface area contributed by atoms with Gasteiger partial charge in [-0.15, -0.1) is 0 Å². The van der Waals surface area contributed by atoms with Gasteiger partial charge in [-0.2, -0.15) is 9.97 Å². The minimum atomic E-state index is -0.266. The van der Waals surface area contributed by atoms with Crippen LogP contribution in [0.25, 0.3) is 15.6 Å². The average Bonchev–Trinajstić information content (AvgIpc) is 3.78. The van der Waals surface area contributed by atoms with Crippen molar-refractivity contribution in [1.29, 1.82) is 0 Å². The van der Waals surface area contributed by atoms with Crippen LogP contribution < -0.4 is 14.5 Å². The van der Waals surface area contributed by atoms with Crippen LogP contribution in [0.1, 0.15) is 31.0 Å². The zero-order valence-electron chi connectivity index (χ0n) is 25.6. The number of carbonyl (C=O) groups is 1. The van der Waals surface area contributed by atoms with Gasteiger partial charge in [-0.05, 0) is 63.7 Å². The van der Waals surface area contributed by atoms with Gasteiger partial charge in [0, 0.05) is 54.8 Å². The molecule has 1 saturated heterocycles. The standard InChI is InChI=1S/C34H38ClN7O2/c1-5-8-30(43)42-18-17-41(20-25(42)19-36-2)32-26-13-16-40(29-12-7-10-24-9-6-11-27(35)31(24)29)21-28(26)37-33(38-32)44-23-34(14-15-34)22-39(3)4/h6-7,9-12,25H,13-23H2,1,3-4H3/t25-/m0/s1. The fourth-order valence-electron chi connectivity index (χ4n) is 6.63. The average molecular weight is 612 g/mol. The smallest absolute Gasteiger partial charge is 0.318 e. The number of piperazine rings is 1.